The van der Waals surface area contributed by atoms with Crippen molar-refractivity contribution in [3.63, 3.8) is 0 Å². The van der Waals surface area contributed by atoms with E-state index in [1.807, 2.05) is 12.1 Å². The Morgan fingerprint density at radius 3 is 2.69 bits per heavy atom. The fourth-order valence-corrected chi connectivity index (χ4v) is 5.39. The SMILES string of the molecule is Cc1c(Cl)cccc1N1CCC[C@@]2(CCN([C@H]3CC[C@H](O)CC3)C2=O)C1. The van der Waals surface area contributed by atoms with Crippen LogP contribution in [0.3, 0.4) is 0 Å². The van der Waals surface area contributed by atoms with Gasteiger partial charge in [0.05, 0.1) is 11.5 Å². The van der Waals surface area contributed by atoms with Gasteiger partial charge in [0.25, 0.3) is 0 Å². The van der Waals surface area contributed by atoms with Gasteiger partial charge in [0.15, 0.2) is 0 Å². The lowest BCUT2D eigenvalue weighted by Crippen LogP contribution is -2.50. The maximum Gasteiger partial charge on any atom is 0.230 e. The lowest BCUT2D eigenvalue weighted by Gasteiger charge is -2.42. The van der Waals surface area contributed by atoms with Crippen molar-refractivity contribution in [3.05, 3.63) is 28.8 Å². The molecule has 3 aliphatic rings. The van der Waals surface area contributed by atoms with E-state index in [4.69, 9.17) is 11.6 Å². The molecule has 142 valence electrons. The fourth-order valence-electron chi connectivity index (χ4n) is 5.22. The summed E-state index contributed by atoms with van der Waals surface area (Å²) in [6.07, 6.45) is 6.38. The second kappa shape index (κ2) is 7.05. The Kier molecular flexibility index (Phi) is 4.91. The minimum Gasteiger partial charge on any atom is -0.393 e. The minimum atomic E-state index is -0.233. The monoisotopic (exact) mass is 376 g/mol. The molecule has 1 spiro atoms. The Hall–Kier alpha value is -1.26. The summed E-state index contributed by atoms with van der Waals surface area (Å²) in [7, 11) is 0. The van der Waals surface area contributed by atoms with E-state index in [0.717, 1.165) is 75.2 Å². The first kappa shape index (κ1) is 18.1. The highest BCUT2D eigenvalue weighted by atomic mass is 35.5. The molecule has 1 N–H and O–H groups in total. The van der Waals surface area contributed by atoms with Crippen LogP contribution in [0.5, 0.6) is 0 Å². The molecular formula is C21H29ClN2O2. The van der Waals surface area contributed by atoms with Crippen molar-refractivity contribution < 1.29 is 9.90 Å². The molecule has 0 radical (unpaired) electrons. The molecule has 4 nitrogen and oxygen atoms in total. The van der Waals surface area contributed by atoms with Crippen LogP contribution in [0.1, 0.15) is 50.5 Å². The Labute approximate surface area is 161 Å². The second-order valence-corrected chi connectivity index (χ2v) is 8.81. The van der Waals surface area contributed by atoms with Crippen molar-refractivity contribution in [1.29, 1.82) is 0 Å². The van der Waals surface area contributed by atoms with Crippen LogP contribution in [0.25, 0.3) is 0 Å². The van der Waals surface area contributed by atoms with Crippen LogP contribution in [0.15, 0.2) is 18.2 Å². The van der Waals surface area contributed by atoms with Gasteiger partial charge in [0, 0.05) is 36.4 Å². The quantitative estimate of drug-likeness (QED) is 0.854. The van der Waals surface area contributed by atoms with Gasteiger partial charge < -0.3 is 14.9 Å². The molecule has 26 heavy (non-hydrogen) atoms. The third kappa shape index (κ3) is 3.11. The number of likely N-dealkylation sites (tertiary alicyclic amines) is 1. The van der Waals surface area contributed by atoms with Crippen molar-refractivity contribution in [1.82, 2.24) is 4.90 Å². The van der Waals surface area contributed by atoms with E-state index in [-0.39, 0.29) is 11.5 Å². The molecule has 3 fully saturated rings. The van der Waals surface area contributed by atoms with Crippen LogP contribution in [0.4, 0.5) is 5.69 Å². The number of carbonyl (C=O) groups is 1. The number of aliphatic hydroxyl groups excluding tert-OH is 1. The molecule has 0 unspecified atom stereocenters. The van der Waals surface area contributed by atoms with Gasteiger partial charge >= 0.3 is 0 Å². The number of anilines is 1. The summed E-state index contributed by atoms with van der Waals surface area (Å²) in [5, 5.41) is 10.6. The number of aliphatic hydroxyl groups is 1. The molecule has 1 atom stereocenters. The van der Waals surface area contributed by atoms with Crippen molar-refractivity contribution in [3.8, 4) is 0 Å². The standard InChI is InChI=1S/C21H29ClN2O2/c1-15-18(22)4-2-5-19(15)23-12-3-10-21(14-23)11-13-24(20(21)26)16-6-8-17(25)9-7-16/h2,4-5,16-17,25H,3,6-14H2,1H3/t16-,17-,21-/m1/s1. The summed E-state index contributed by atoms with van der Waals surface area (Å²) in [5.74, 6) is 0.350. The molecule has 5 heteroatoms. The third-order valence-corrected chi connectivity index (χ3v) is 7.22. The highest BCUT2D eigenvalue weighted by Gasteiger charge is 2.50. The molecule has 2 aliphatic heterocycles. The van der Waals surface area contributed by atoms with Gasteiger partial charge in [0.1, 0.15) is 0 Å². The number of amides is 1. The van der Waals surface area contributed by atoms with Crippen LogP contribution in [-0.4, -0.2) is 47.7 Å². The van der Waals surface area contributed by atoms with E-state index >= 15 is 0 Å². The van der Waals surface area contributed by atoms with Gasteiger partial charge in [-0.05, 0) is 69.6 Å². The number of nitrogens with zero attached hydrogens (tertiary/aromatic N) is 2. The van der Waals surface area contributed by atoms with Crippen LogP contribution in [-0.2, 0) is 4.79 Å². The van der Waals surface area contributed by atoms with Crippen molar-refractivity contribution in [2.45, 2.75) is 64.0 Å². The lowest BCUT2D eigenvalue weighted by molar-refractivity contribution is -0.139. The first-order valence-corrected chi connectivity index (χ1v) is 10.4. The maximum absolute atomic E-state index is 13.4. The molecule has 1 aromatic carbocycles. The number of rotatable bonds is 2. The molecule has 0 aromatic heterocycles. The van der Waals surface area contributed by atoms with E-state index in [0.29, 0.717) is 11.9 Å². The van der Waals surface area contributed by atoms with E-state index in [9.17, 15) is 9.90 Å². The number of halogens is 1. The third-order valence-electron chi connectivity index (χ3n) is 6.81. The summed E-state index contributed by atoms with van der Waals surface area (Å²) in [5.41, 5.74) is 2.04. The molecule has 1 saturated carbocycles. The van der Waals surface area contributed by atoms with Crippen LogP contribution >= 0.6 is 11.6 Å². The molecular weight excluding hydrogens is 348 g/mol. The largest absolute Gasteiger partial charge is 0.393 e. The molecule has 4 rings (SSSR count). The predicted molar refractivity (Wildman–Crippen MR) is 105 cm³/mol. The molecule has 1 aliphatic carbocycles. The number of piperidine rings is 1. The predicted octanol–water partition coefficient (Wildman–Crippen LogP) is 3.77. The molecule has 0 bridgehead atoms. The summed E-state index contributed by atoms with van der Waals surface area (Å²) in [6, 6.07) is 6.38. The molecule has 1 amide bonds. The van der Waals surface area contributed by atoms with Gasteiger partial charge in [-0.25, -0.2) is 0 Å². The average molecular weight is 377 g/mol. The highest BCUT2D eigenvalue weighted by molar-refractivity contribution is 6.31. The zero-order valence-corrected chi connectivity index (χ0v) is 16.3. The first-order chi connectivity index (χ1) is 12.5. The second-order valence-electron chi connectivity index (χ2n) is 8.40. The van der Waals surface area contributed by atoms with E-state index in [1.54, 1.807) is 0 Å². The number of hydrogen-bond donors (Lipinski definition) is 1. The zero-order chi connectivity index (χ0) is 18.3. The fraction of sp³-hybridized carbons (Fsp3) is 0.667. The Bertz CT molecular complexity index is 687. The van der Waals surface area contributed by atoms with Gasteiger partial charge in [-0.15, -0.1) is 0 Å². The van der Waals surface area contributed by atoms with Crippen molar-refractivity contribution in [2.75, 3.05) is 24.5 Å². The van der Waals surface area contributed by atoms with Crippen molar-refractivity contribution >= 4 is 23.2 Å². The highest BCUT2D eigenvalue weighted by Crippen LogP contribution is 2.44. The molecule has 2 saturated heterocycles. The first-order valence-electron chi connectivity index (χ1n) is 9.99. The van der Waals surface area contributed by atoms with Gasteiger partial charge in [-0.1, -0.05) is 17.7 Å². The lowest BCUT2D eigenvalue weighted by atomic mass is 9.78. The zero-order valence-electron chi connectivity index (χ0n) is 15.6. The Morgan fingerprint density at radius 1 is 1.15 bits per heavy atom. The minimum absolute atomic E-state index is 0.172. The Morgan fingerprint density at radius 2 is 1.92 bits per heavy atom. The number of hydrogen-bond acceptors (Lipinski definition) is 3. The maximum atomic E-state index is 13.4. The Balaban J connectivity index is 1.52. The van der Waals surface area contributed by atoms with Crippen LogP contribution in [0.2, 0.25) is 5.02 Å². The average Bonchev–Trinajstić information content (AvgIpc) is 2.94. The smallest absolute Gasteiger partial charge is 0.230 e. The van der Waals surface area contributed by atoms with Crippen LogP contribution in [0, 0.1) is 12.3 Å². The van der Waals surface area contributed by atoms with Gasteiger partial charge in [0.2, 0.25) is 5.91 Å². The molecule has 1 aromatic rings. The normalized spacial score (nSPS) is 32.5. The number of benzene rings is 1. The number of carbonyl (C=O) groups excluding carboxylic acids is 1. The summed E-state index contributed by atoms with van der Waals surface area (Å²) >= 11 is 6.33. The van der Waals surface area contributed by atoms with E-state index in [2.05, 4.69) is 22.8 Å². The van der Waals surface area contributed by atoms with Crippen molar-refractivity contribution in [2.24, 2.45) is 5.41 Å². The molecule has 2 heterocycles. The van der Waals surface area contributed by atoms with Gasteiger partial charge in [-0.2, -0.15) is 0 Å². The summed E-state index contributed by atoms with van der Waals surface area (Å²) in [6.45, 7) is 4.74. The van der Waals surface area contributed by atoms with Crippen LogP contribution < -0.4 is 4.90 Å². The van der Waals surface area contributed by atoms with E-state index in [1.165, 1.54) is 5.69 Å². The topological polar surface area (TPSA) is 43.8 Å². The summed E-state index contributed by atoms with van der Waals surface area (Å²) < 4.78 is 0. The van der Waals surface area contributed by atoms with Gasteiger partial charge in [-0.3, -0.25) is 4.79 Å². The summed E-state index contributed by atoms with van der Waals surface area (Å²) in [4.78, 5) is 17.9. The van der Waals surface area contributed by atoms with E-state index < -0.39 is 0 Å².